The lowest BCUT2D eigenvalue weighted by atomic mass is 9.94. The predicted molar refractivity (Wildman–Crippen MR) is 90.4 cm³/mol. The second kappa shape index (κ2) is 6.87. The third-order valence-corrected chi connectivity index (χ3v) is 4.71. The van der Waals surface area contributed by atoms with Crippen LogP contribution >= 0.6 is 11.3 Å². The van der Waals surface area contributed by atoms with Crippen molar-refractivity contribution in [3.05, 3.63) is 53.0 Å². The zero-order valence-electron chi connectivity index (χ0n) is 12.1. The van der Waals surface area contributed by atoms with Gasteiger partial charge in [-0.1, -0.05) is 42.5 Å². The van der Waals surface area contributed by atoms with Crippen LogP contribution in [-0.2, 0) is 0 Å². The molecule has 1 aromatic carbocycles. The fourth-order valence-electron chi connectivity index (χ4n) is 2.80. The summed E-state index contributed by atoms with van der Waals surface area (Å²) < 4.78 is 0. The molecule has 1 fully saturated rings. The Kier molecular flexibility index (Phi) is 4.68. The Hall–Kier alpha value is -1.65. The molecule has 4 heteroatoms. The van der Waals surface area contributed by atoms with Crippen molar-refractivity contribution in [2.24, 2.45) is 0 Å². The van der Waals surface area contributed by atoms with Crippen molar-refractivity contribution in [1.82, 2.24) is 9.88 Å². The van der Waals surface area contributed by atoms with Crippen LogP contribution in [0.4, 0.5) is 5.13 Å². The van der Waals surface area contributed by atoms with Crippen LogP contribution in [0, 0.1) is 0 Å². The second-order valence-corrected chi connectivity index (χ2v) is 6.39. The SMILES string of the molecule is Nc1nc(C2CCN(CC=Cc3ccccc3)CC2)cs1. The first kappa shape index (κ1) is 14.3. The van der Waals surface area contributed by atoms with Gasteiger partial charge < -0.3 is 5.73 Å². The highest BCUT2D eigenvalue weighted by molar-refractivity contribution is 7.13. The van der Waals surface area contributed by atoms with Crippen LogP contribution in [0.25, 0.3) is 6.08 Å². The minimum atomic E-state index is 0.591. The number of aromatic nitrogens is 1. The molecule has 0 aliphatic carbocycles. The Labute approximate surface area is 130 Å². The van der Waals surface area contributed by atoms with Gasteiger partial charge in [0.1, 0.15) is 0 Å². The molecule has 0 bridgehead atoms. The molecular weight excluding hydrogens is 278 g/mol. The predicted octanol–water partition coefficient (Wildman–Crippen LogP) is 3.62. The van der Waals surface area contributed by atoms with Crippen molar-refractivity contribution in [2.75, 3.05) is 25.4 Å². The first-order valence-electron chi connectivity index (χ1n) is 7.46. The van der Waals surface area contributed by atoms with Crippen LogP contribution in [0.15, 0.2) is 41.8 Å². The minimum absolute atomic E-state index is 0.591. The molecule has 0 saturated carbocycles. The molecule has 0 unspecified atom stereocenters. The second-order valence-electron chi connectivity index (χ2n) is 5.50. The molecule has 21 heavy (non-hydrogen) atoms. The van der Waals surface area contributed by atoms with Gasteiger partial charge >= 0.3 is 0 Å². The monoisotopic (exact) mass is 299 g/mol. The van der Waals surface area contributed by atoms with Crippen LogP contribution < -0.4 is 5.73 Å². The highest BCUT2D eigenvalue weighted by Crippen LogP contribution is 2.29. The Balaban J connectivity index is 1.47. The quantitative estimate of drug-likeness (QED) is 0.937. The molecule has 3 rings (SSSR count). The smallest absolute Gasteiger partial charge is 0.180 e. The Morgan fingerprint density at radius 1 is 1.24 bits per heavy atom. The highest BCUT2D eigenvalue weighted by atomic mass is 32.1. The Morgan fingerprint density at radius 2 is 2.00 bits per heavy atom. The molecule has 0 spiro atoms. The first-order valence-corrected chi connectivity index (χ1v) is 8.34. The van der Waals surface area contributed by atoms with Crippen LogP contribution in [-0.4, -0.2) is 29.5 Å². The van der Waals surface area contributed by atoms with Gasteiger partial charge in [0.25, 0.3) is 0 Å². The average Bonchev–Trinajstić information content (AvgIpc) is 2.96. The highest BCUT2D eigenvalue weighted by Gasteiger charge is 2.21. The standard InChI is InChI=1S/C17H21N3S/c18-17-19-16(13-21-17)15-8-11-20(12-9-15)10-4-7-14-5-2-1-3-6-14/h1-7,13,15H,8-12H2,(H2,18,19). The maximum atomic E-state index is 5.72. The van der Waals surface area contributed by atoms with Crippen molar-refractivity contribution < 1.29 is 0 Å². The Bertz CT molecular complexity index is 583. The van der Waals surface area contributed by atoms with E-state index >= 15 is 0 Å². The van der Waals surface area contributed by atoms with E-state index in [-0.39, 0.29) is 0 Å². The molecule has 1 aliphatic heterocycles. The summed E-state index contributed by atoms with van der Waals surface area (Å²) in [6.07, 6.45) is 6.83. The number of piperidine rings is 1. The third-order valence-electron chi connectivity index (χ3n) is 4.02. The average molecular weight is 299 g/mol. The summed E-state index contributed by atoms with van der Waals surface area (Å²) in [7, 11) is 0. The first-order chi connectivity index (χ1) is 10.3. The van der Waals surface area contributed by atoms with Crippen LogP contribution in [0.5, 0.6) is 0 Å². The zero-order chi connectivity index (χ0) is 14.5. The van der Waals surface area contributed by atoms with Gasteiger partial charge in [-0.2, -0.15) is 0 Å². The van der Waals surface area contributed by atoms with E-state index < -0.39 is 0 Å². The summed E-state index contributed by atoms with van der Waals surface area (Å²) in [5, 5.41) is 2.81. The van der Waals surface area contributed by atoms with Crippen molar-refractivity contribution >= 4 is 22.5 Å². The minimum Gasteiger partial charge on any atom is -0.375 e. The van der Waals surface area contributed by atoms with Gasteiger partial charge in [-0.05, 0) is 31.5 Å². The number of anilines is 1. The molecule has 2 aromatic rings. The molecule has 110 valence electrons. The number of thiazole rings is 1. The van der Waals surface area contributed by atoms with Gasteiger partial charge in [0.2, 0.25) is 0 Å². The third kappa shape index (κ3) is 3.93. The van der Waals surface area contributed by atoms with Gasteiger partial charge in [-0.15, -0.1) is 11.3 Å². The van der Waals surface area contributed by atoms with Gasteiger partial charge in [0.15, 0.2) is 5.13 Å². The van der Waals surface area contributed by atoms with Gasteiger partial charge in [-0.3, -0.25) is 4.90 Å². The molecular formula is C17H21N3S. The lowest BCUT2D eigenvalue weighted by Gasteiger charge is -2.30. The van der Waals surface area contributed by atoms with Crippen molar-refractivity contribution in [1.29, 1.82) is 0 Å². The van der Waals surface area contributed by atoms with E-state index in [1.165, 1.54) is 24.1 Å². The number of nitrogen functional groups attached to an aromatic ring is 1. The van der Waals surface area contributed by atoms with E-state index in [0.29, 0.717) is 11.0 Å². The molecule has 1 aliphatic rings. The van der Waals surface area contributed by atoms with Crippen molar-refractivity contribution in [3.8, 4) is 0 Å². The Morgan fingerprint density at radius 3 is 2.67 bits per heavy atom. The van der Waals surface area contributed by atoms with Crippen LogP contribution in [0.1, 0.15) is 30.0 Å². The fraction of sp³-hybridized carbons (Fsp3) is 0.353. The van der Waals surface area contributed by atoms with E-state index in [2.05, 4.69) is 51.7 Å². The zero-order valence-corrected chi connectivity index (χ0v) is 12.9. The normalized spacial score (nSPS) is 17.5. The molecule has 2 N–H and O–H groups in total. The largest absolute Gasteiger partial charge is 0.375 e. The molecule has 1 aromatic heterocycles. The van der Waals surface area contributed by atoms with Gasteiger partial charge in [0, 0.05) is 17.8 Å². The summed E-state index contributed by atoms with van der Waals surface area (Å²) in [5.74, 6) is 0.591. The number of likely N-dealkylation sites (tertiary alicyclic amines) is 1. The van der Waals surface area contributed by atoms with Crippen molar-refractivity contribution in [3.63, 3.8) is 0 Å². The number of nitrogens with zero attached hydrogens (tertiary/aromatic N) is 2. The van der Waals surface area contributed by atoms with Gasteiger partial charge in [-0.25, -0.2) is 4.98 Å². The van der Waals surface area contributed by atoms with E-state index in [1.54, 1.807) is 11.3 Å². The summed E-state index contributed by atoms with van der Waals surface area (Å²) in [6.45, 7) is 3.31. The maximum Gasteiger partial charge on any atom is 0.180 e. The molecule has 0 atom stereocenters. The van der Waals surface area contributed by atoms with E-state index in [9.17, 15) is 0 Å². The molecule has 2 heterocycles. The van der Waals surface area contributed by atoms with E-state index in [1.807, 2.05) is 6.07 Å². The van der Waals surface area contributed by atoms with E-state index in [0.717, 1.165) is 19.6 Å². The number of nitrogens with two attached hydrogens (primary N) is 1. The number of hydrogen-bond donors (Lipinski definition) is 1. The number of rotatable bonds is 4. The fourth-order valence-corrected chi connectivity index (χ4v) is 3.45. The number of hydrogen-bond acceptors (Lipinski definition) is 4. The summed E-state index contributed by atoms with van der Waals surface area (Å²) >= 11 is 1.55. The van der Waals surface area contributed by atoms with E-state index in [4.69, 9.17) is 5.73 Å². The summed E-state index contributed by atoms with van der Waals surface area (Å²) in [4.78, 5) is 6.93. The number of benzene rings is 1. The molecule has 0 amide bonds. The lowest BCUT2D eigenvalue weighted by Crippen LogP contribution is -2.33. The van der Waals surface area contributed by atoms with Crippen molar-refractivity contribution in [2.45, 2.75) is 18.8 Å². The summed E-state index contributed by atoms with van der Waals surface area (Å²) in [6, 6.07) is 10.5. The van der Waals surface area contributed by atoms with Crippen LogP contribution in [0.3, 0.4) is 0 Å². The molecule has 0 radical (unpaired) electrons. The topological polar surface area (TPSA) is 42.1 Å². The maximum absolute atomic E-state index is 5.72. The van der Waals surface area contributed by atoms with Gasteiger partial charge in [0.05, 0.1) is 5.69 Å². The summed E-state index contributed by atoms with van der Waals surface area (Å²) in [5.41, 5.74) is 8.18. The molecule has 3 nitrogen and oxygen atoms in total. The molecule has 1 saturated heterocycles. The lowest BCUT2D eigenvalue weighted by molar-refractivity contribution is 0.231. The van der Waals surface area contributed by atoms with Crippen LogP contribution in [0.2, 0.25) is 0 Å².